The highest BCUT2D eigenvalue weighted by Crippen LogP contribution is 2.12. The molecular weight excluding hydrogens is 222 g/mol. The Kier molecular flexibility index (Phi) is 2.52. The van der Waals surface area contributed by atoms with Gasteiger partial charge in [-0.15, -0.1) is 5.10 Å². The number of nitro groups is 1. The maximum absolute atomic E-state index is 10.5. The summed E-state index contributed by atoms with van der Waals surface area (Å²) in [6, 6.07) is 1.01. The lowest BCUT2D eigenvalue weighted by atomic mass is 10.5. The molecule has 72 valence electrons. The van der Waals surface area contributed by atoms with Crippen LogP contribution in [0, 0.1) is 10.1 Å². The molecule has 9 heteroatoms. The van der Waals surface area contributed by atoms with Crippen LogP contribution < -0.4 is 0 Å². The summed E-state index contributed by atoms with van der Waals surface area (Å²) in [5.41, 5.74) is 0.0155. The molecule has 0 bridgehead atoms. The smallest absolute Gasteiger partial charge is 0.342 e. The van der Waals surface area contributed by atoms with Crippen molar-refractivity contribution in [3.8, 4) is 0 Å². The second-order valence-corrected chi connectivity index (χ2v) is 4.96. The van der Waals surface area contributed by atoms with Crippen LogP contribution in [0.25, 0.3) is 0 Å². The van der Waals surface area contributed by atoms with Gasteiger partial charge in [0, 0.05) is 10.7 Å². The Morgan fingerprint density at radius 3 is 2.69 bits per heavy atom. The van der Waals surface area contributed by atoms with Crippen molar-refractivity contribution in [2.75, 3.05) is 0 Å². The minimum atomic E-state index is -3.72. The average Bonchev–Trinajstić information content (AvgIpc) is 2.31. The highest BCUT2D eigenvalue weighted by atomic mass is 35.7. The standard InChI is InChI=1S/C4H4ClN3O4S/c5-13(11,12)2-3-1-4(7-6-3)8(9)10/h1H,2H2,(H,6,7). The molecule has 0 atom stereocenters. The van der Waals surface area contributed by atoms with Gasteiger partial charge in [0.15, 0.2) is 0 Å². The molecule has 1 aromatic rings. The van der Waals surface area contributed by atoms with Gasteiger partial charge in [0.1, 0.15) is 11.4 Å². The minimum Gasteiger partial charge on any atom is -0.358 e. The molecule has 0 aromatic carbocycles. The lowest BCUT2D eigenvalue weighted by Gasteiger charge is -1.86. The maximum Gasteiger partial charge on any atom is 0.342 e. The Morgan fingerprint density at radius 2 is 2.31 bits per heavy atom. The lowest BCUT2D eigenvalue weighted by molar-refractivity contribution is -0.389. The van der Waals surface area contributed by atoms with E-state index in [1.54, 1.807) is 0 Å². The second-order valence-electron chi connectivity index (χ2n) is 2.18. The van der Waals surface area contributed by atoms with E-state index in [0.29, 0.717) is 0 Å². The molecule has 0 aliphatic rings. The first-order valence-corrected chi connectivity index (χ1v) is 5.47. The molecule has 0 spiro atoms. The topological polar surface area (TPSA) is 106 Å². The fourth-order valence-electron chi connectivity index (χ4n) is 0.696. The summed E-state index contributed by atoms with van der Waals surface area (Å²) in [7, 11) is 1.18. The van der Waals surface area contributed by atoms with Crippen molar-refractivity contribution >= 4 is 25.6 Å². The number of halogens is 1. The molecule has 0 saturated carbocycles. The van der Waals surface area contributed by atoms with E-state index in [4.69, 9.17) is 10.7 Å². The van der Waals surface area contributed by atoms with Crippen LogP contribution in [0.3, 0.4) is 0 Å². The first kappa shape index (κ1) is 9.93. The van der Waals surface area contributed by atoms with Gasteiger partial charge in [0.2, 0.25) is 9.05 Å². The van der Waals surface area contributed by atoms with Gasteiger partial charge >= 0.3 is 5.82 Å². The molecule has 0 unspecified atom stereocenters. The summed E-state index contributed by atoms with van der Waals surface area (Å²) in [4.78, 5) is 9.42. The van der Waals surface area contributed by atoms with Crippen LogP contribution >= 0.6 is 10.7 Å². The van der Waals surface area contributed by atoms with Crippen molar-refractivity contribution in [2.24, 2.45) is 0 Å². The normalized spacial score (nSPS) is 11.5. The van der Waals surface area contributed by atoms with Gasteiger partial charge in [0.05, 0.1) is 6.07 Å². The van der Waals surface area contributed by atoms with Crippen molar-refractivity contribution in [1.82, 2.24) is 10.2 Å². The fourth-order valence-corrected chi connectivity index (χ4v) is 1.53. The zero-order valence-corrected chi connectivity index (χ0v) is 7.67. The van der Waals surface area contributed by atoms with Crippen LogP contribution in [-0.4, -0.2) is 23.5 Å². The van der Waals surface area contributed by atoms with Crippen molar-refractivity contribution < 1.29 is 13.3 Å². The molecule has 0 fully saturated rings. The van der Waals surface area contributed by atoms with Gasteiger partial charge in [-0.3, -0.25) is 0 Å². The summed E-state index contributed by atoms with van der Waals surface area (Å²) in [6.45, 7) is 0. The van der Waals surface area contributed by atoms with Gasteiger partial charge < -0.3 is 10.1 Å². The number of hydrogen-bond donors (Lipinski definition) is 1. The molecule has 7 nitrogen and oxygen atoms in total. The fraction of sp³-hybridized carbons (Fsp3) is 0.250. The number of aromatic nitrogens is 2. The maximum atomic E-state index is 10.5. The Bertz CT molecular complexity index is 424. The quantitative estimate of drug-likeness (QED) is 0.455. The molecule has 0 aliphatic heterocycles. The second kappa shape index (κ2) is 3.30. The van der Waals surface area contributed by atoms with E-state index >= 15 is 0 Å². The van der Waals surface area contributed by atoms with E-state index in [1.165, 1.54) is 0 Å². The van der Waals surface area contributed by atoms with E-state index in [-0.39, 0.29) is 11.5 Å². The predicted octanol–water partition coefficient (Wildman–Crippen LogP) is 0.386. The molecule has 13 heavy (non-hydrogen) atoms. The third-order valence-electron chi connectivity index (χ3n) is 1.13. The van der Waals surface area contributed by atoms with Crippen molar-refractivity contribution in [2.45, 2.75) is 5.75 Å². The van der Waals surface area contributed by atoms with Crippen LogP contribution in [0.2, 0.25) is 0 Å². The molecule has 0 aliphatic carbocycles. The van der Waals surface area contributed by atoms with Crippen LogP contribution in [0.1, 0.15) is 5.69 Å². The number of H-pyrrole nitrogens is 1. The Labute approximate surface area is 77.3 Å². The van der Waals surface area contributed by atoms with Gasteiger partial charge in [-0.1, -0.05) is 5.10 Å². The Hall–Kier alpha value is -1.15. The van der Waals surface area contributed by atoms with E-state index in [2.05, 4.69) is 10.2 Å². The number of hydrogen-bond acceptors (Lipinski definition) is 5. The van der Waals surface area contributed by atoms with Gasteiger partial charge in [-0.25, -0.2) is 8.42 Å². The number of rotatable bonds is 3. The number of nitrogens with zero attached hydrogens (tertiary/aromatic N) is 2. The molecule has 1 rings (SSSR count). The molecule has 1 heterocycles. The summed E-state index contributed by atoms with van der Waals surface area (Å²) >= 11 is 0. The number of aromatic amines is 1. The molecule has 0 amide bonds. The highest BCUT2D eigenvalue weighted by molar-refractivity contribution is 8.13. The summed E-state index contributed by atoms with van der Waals surface area (Å²) < 4.78 is 21.0. The van der Waals surface area contributed by atoms with Crippen LogP contribution in [0.15, 0.2) is 6.07 Å². The van der Waals surface area contributed by atoms with Crippen LogP contribution in [0.5, 0.6) is 0 Å². The van der Waals surface area contributed by atoms with Gasteiger partial charge in [-0.2, -0.15) is 0 Å². The molecule has 0 saturated heterocycles. The third-order valence-corrected chi connectivity index (χ3v) is 2.10. The van der Waals surface area contributed by atoms with Crippen molar-refractivity contribution in [1.29, 1.82) is 0 Å². The van der Waals surface area contributed by atoms with E-state index < -0.39 is 19.7 Å². The number of nitrogens with one attached hydrogen (secondary N) is 1. The Morgan fingerprint density at radius 1 is 1.69 bits per heavy atom. The van der Waals surface area contributed by atoms with Crippen LogP contribution in [-0.2, 0) is 14.8 Å². The molecule has 1 N–H and O–H groups in total. The van der Waals surface area contributed by atoms with Crippen molar-refractivity contribution in [3.05, 3.63) is 21.9 Å². The zero-order chi connectivity index (χ0) is 10.1. The molecule has 1 aromatic heterocycles. The van der Waals surface area contributed by atoms with Crippen LogP contribution in [0.4, 0.5) is 5.82 Å². The largest absolute Gasteiger partial charge is 0.358 e. The van der Waals surface area contributed by atoms with Crippen molar-refractivity contribution in [3.63, 3.8) is 0 Å². The van der Waals surface area contributed by atoms with E-state index in [1.807, 2.05) is 0 Å². The Balaban J connectivity index is 2.87. The van der Waals surface area contributed by atoms with Gasteiger partial charge in [0.25, 0.3) is 0 Å². The lowest BCUT2D eigenvalue weighted by Crippen LogP contribution is -1.94. The molecule has 0 radical (unpaired) electrons. The SMILES string of the molecule is O=[N+]([O-])c1cc(CS(=O)(=O)Cl)n[nH]1. The average molecular weight is 226 g/mol. The van der Waals surface area contributed by atoms with Gasteiger partial charge in [-0.05, 0) is 4.92 Å². The van der Waals surface area contributed by atoms with E-state index in [9.17, 15) is 18.5 Å². The zero-order valence-electron chi connectivity index (χ0n) is 6.10. The van der Waals surface area contributed by atoms with E-state index in [0.717, 1.165) is 6.07 Å². The summed E-state index contributed by atoms with van der Waals surface area (Å²) in [5.74, 6) is -0.894. The first-order chi connectivity index (χ1) is 5.88. The monoisotopic (exact) mass is 225 g/mol. The molecular formula is C4H4ClN3O4S. The minimum absolute atomic E-state index is 0.0155. The highest BCUT2D eigenvalue weighted by Gasteiger charge is 2.15. The first-order valence-electron chi connectivity index (χ1n) is 2.99. The predicted molar refractivity (Wildman–Crippen MR) is 43.7 cm³/mol. The summed E-state index contributed by atoms with van der Waals surface area (Å²) in [6.07, 6.45) is 0. The third kappa shape index (κ3) is 2.99. The summed E-state index contributed by atoms with van der Waals surface area (Å²) in [5, 5.41) is 15.6.